The number of ether oxygens (including phenoxy) is 2. The van der Waals surface area contributed by atoms with E-state index in [1.54, 1.807) is 0 Å². The van der Waals surface area contributed by atoms with E-state index in [1.165, 1.54) is 27.7 Å². The summed E-state index contributed by atoms with van der Waals surface area (Å²) < 4.78 is 9.98. The largest absolute Gasteiger partial charge is 0.460 e. The van der Waals surface area contributed by atoms with Crippen molar-refractivity contribution in [1.82, 2.24) is 0 Å². The Kier molecular flexibility index (Phi) is 6.30. The minimum absolute atomic E-state index is 0.289. The zero-order valence-electron chi connectivity index (χ0n) is 14.1. The van der Waals surface area contributed by atoms with Gasteiger partial charge in [-0.2, -0.15) is 0 Å². The molecule has 0 spiro atoms. The monoisotopic (exact) mass is 330 g/mol. The minimum Gasteiger partial charge on any atom is -0.460 e. The predicted molar refractivity (Wildman–Crippen MR) is 80.1 cm³/mol. The van der Waals surface area contributed by atoms with Gasteiger partial charge in [-0.05, 0) is 47.0 Å². The summed E-state index contributed by atoms with van der Waals surface area (Å²) in [5.74, 6) is -2.20. The molecule has 1 aliphatic rings. The smallest absolute Gasteiger partial charge is 0.321 e. The number of carbonyl (C=O) groups excluding carboxylic acids is 3. The van der Waals surface area contributed by atoms with Gasteiger partial charge in [0.25, 0.3) is 0 Å². The second-order valence-electron chi connectivity index (χ2n) is 7.16. The van der Waals surface area contributed by atoms with Crippen LogP contribution in [0.2, 0.25) is 0 Å². The van der Waals surface area contributed by atoms with Crippen molar-refractivity contribution in [3.8, 4) is 0 Å². The molecule has 0 saturated carbocycles. The van der Waals surface area contributed by atoms with Gasteiger partial charge >= 0.3 is 17.9 Å². The molecule has 2 atom stereocenters. The molecular formula is C16H26O7. The highest BCUT2D eigenvalue weighted by molar-refractivity contribution is 5.91. The Morgan fingerprint density at radius 3 is 2.43 bits per heavy atom. The van der Waals surface area contributed by atoms with E-state index in [-0.39, 0.29) is 6.42 Å². The van der Waals surface area contributed by atoms with Gasteiger partial charge in [0, 0.05) is 6.42 Å². The Bertz CT molecular complexity index is 467. The van der Waals surface area contributed by atoms with Crippen molar-refractivity contribution in [2.75, 3.05) is 6.61 Å². The number of aliphatic hydroxyl groups is 2. The standard InChI is InChI=1S/C16H26O7/c1-15(2,9-17)13(20)23-14(21)16(3,4)12(19)10-7-5-6-8-11(18)22-10/h10,12,17,19H,5-9H2,1-4H3. The van der Waals surface area contributed by atoms with Gasteiger partial charge in [-0.1, -0.05) is 0 Å². The van der Waals surface area contributed by atoms with Crippen molar-refractivity contribution in [2.45, 2.75) is 65.6 Å². The van der Waals surface area contributed by atoms with E-state index in [9.17, 15) is 19.5 Å². The first-order chi connectivity index (χ1) is 10.5. The van der Waals surface area contributed by atoms with Crippen LogP contribution < -0.4 is 0 Å². The first kappa shape index (κ1) is 19.6. The number of esters is 3. The van der Waals surface area contributed by atoms with Crippen LogP contribution in [0.1, 0.15) is 53.4 Å². The lowest BCUT2D eigenvalue weighted by molar-refractivity contribution is -0.184. The SMILES string of the molecule is CC(C)(CO)C(=O)OC(=O)C(C)(C)C(O)C1CCCCC(=O)O1. The Hall–Kier alpha value is -1.47. The molecule has 0 aromatic rings. The Labute approximate surface area is 136 Å². The van der Waals surface area contributed by atoms with Crippen LogP contribution in [0.15, 0.2) is 0 Å². The van der Waals surface area contributed by atoms with Gasteiger partial charge in [-0.3, -0.25) is 14.4 Å². The molecule has 0 radical (unpaired) electrons. The number of hydrogen-bond donors (Lipinski definition) is 2. The maximum absolute atomic E-state index is 12.3. The van der Waals surface area contributed by atoms with Gasteiger partial charge in [0.15, 0.2) is 0 Å². The molecule has 23 heavy (non-hydrogen) atoms. The molecular weight excluding hydrogens is 304 g/mol. The second kappa shape index (κ2) is 7.40. The average molecular weight is 330 g/mol. The lowest BCUT2D eigenvalue weighted by atomic mass is 9.82. The molecule has 0 aliphatic carbocycles. The molecule has 1 fully saturated rings. The van der Waals surface area contributed by atoms with Crippen LogP contribution in [0.25, 0.3) is 0 Å². The second-order valence-corrected chi connectivity index (χ2v) is 7.16. The van der Waals surface area contributed by atoms with E-state index in [0.29, 0.717) is 19.3 Å². The molecule has 7 heteroatoms. The van der Waals surface area contributed by atoms with Gasteiger partial charge in [0.2, 0.25) is 0 Å². The predicted octanol–water partition coefficient (Wildman–Crippen LogP) is 0.948. The van der Waals surface area contributed by atoms with Crippen LogP contribution in [0.3, 0.4) is 0 Å². The molecule has 1 saturated heterocycles. The Morgan fingerprint density at radius 1 is 1.26 bits per heavy atom. The summed E-state index contributed by atoms with van der Waals surface area (Å²) in [4.78, 5) is 35.7. The number of carbonyl (C=O) groups is 3. The van der Waals surface area contributed by atoms with Crippen molar-refractivity contribution < 1.29 is 34.1 Å². The third kappa shape index (κ3) is 4.75. The molecule has 1 rings (SSSR count). The number of hydrogen-bond acceptors (Lipinski definition) is 7. The van der Waals surface area contributed by atoms with E-state index < -0.39 is 47.6 Å². The zero-order chi connectivity index (χ0) is 17.8. The van der Waals surface area contributed by atoms with E-state index in [1.807, 2.05) is 0 Å². The molecule has 1 aliphatic heterocycles. The average Bonchev–Trinajstić information content (AvgIpc) is 2.70. The number of aliphatic hydroxyl groups excluding tert-OH is 2. The first-order valence-electron chi connectivity index (χ1n) is 7.77. The molecule has 2 N–H and O–H groups in total. The topological polar surface area (TPSA) is 110 Å². The Balaban J connectivity index is 2.81. The van der Waals surface area contributed by atoms with Crippen molar-refractivity contribution in [1.29, 1.82) is 0 Å². The molecule has 2 unspecified atom stereocenters. The Morgan fingerprint density at radius 2 is 1.87 bits per heavy atom. The quantitative estimate of drug-likeness (QED) is 0.570. The van der Waals surface area contributed by atoms with E-state index in [0.717, 1.165) is 0 Å². The van der Waals surface area contributed by atoms with Crippen LogP contribution in [0.5, 0.6) is 0 Å². The summed E-state index contributed by atoms with van der Waals surface area (Å²) in [5, 5.41) is 19.6. The summed E-state index contributed by atoms with van der Waals surface area (Å²) in [7, 11) is 0. The van der Waals surface area contributed by atoms with Gasteiger partial charge in [-0.15, -0.1) is 0 Å². The molecule has 0 aromatic heterocycles. The van der Waals surface area contributed by atoms with E-state index in [2.05, 4.69) is 0 Å². The molecule has 132 valence electrons. The van der Waals surface area contributed by atoms with Crippen molar-refractivity contribution in [3.05, 3.63) is 0 Å². The van der Waals surface area contributed by atoms with Gasteiger partial charge in [0.1, 0.15) is 12.2 Å². The zero-order valence-corrected chi connectivity index (χ0v) is 14.1. The fraction of sp³-hybridized carbons (Fsp3) is 0.812. The van der Waals surface area contributed by atoms with Crippen molar-refractivity contribution in [2.24, 2.45) is 10.8 Å². The van der Waals surface area contributed by atoms with Crippen molar-refractivity contribution in [3.63, 3.8) is 0 Å². The molecule has 0 bridgehead atoms. The summed E-state index contributed by atoms with van der Waals surface area (Å²) in [6.45, 7) is 5.27. The lowest BCUT2D eigenvalue weighted by Gasteiger charge is -2.33. The number of rotatable bonds is 5. The van der Waals surface area contributed by atoms with E-state index >= 15 is 0 Å². The lowest BCUT2D eigenvalue weighted by Crippen LogP contribution is -2.48. The van der Waals surface area contributed by atoms with Gasteiger partial charge in [-0.25, -0.2) is 0 Å². The maximum Gasteiger partial charge on any atom is 0.321 e. The van der Waals surface area contributed by atoms with E-state index in [4.69, 9.17) is 14.6 Å². The summed E-state index contributed by atoms with van der Waals surface area (Å²) >= 11 is 0. The highest BCUT2D eigenvalue weighted by Crippen LogP contribution is 2.31. The molecule has 7 nitrogen and oxygen atoms in total. The highest BCUT2D eigenvalue weighted by Gasteiger charge is 2.45. The first-order valence-corrected chi connectivity index (χ1v) is 7.77. The van der Waals surface area contributed by atoms with Crippen LogP contribution in [0, 0.1) is 10.8 Å². The maximum atomic E-state index is 12.3. The molecule has 1 heterocycles. The molecule has 0 amide bonds. The highest BCUT2D eigenvalue weighted by atomic mass is 16.6. The van der Waals surface area contributed by atoms with Gasteiger partial charge in [0.05, 0.1) is 17.4 Å². The van der Waals surface area contributed by atoms with Gasteiger partial charge < -0.3 is 19.7 Å². The van der Waals surface area contributed by atoms with Crippen LogP contribution >= 0.6 is 0 Å². The summed E-state index contributed by atoms with van der Waals surface area (Å²) in [6.07, 6.45) is 0.0119. The normalized spacial score (nSPS) is 21.1. The van der Waals surface area contributed by atoms with Crippen molar-refractivity contribution >= 4 is 17.9 Å². The van der Waals surface area contributed by atoms with Crippen LogP contribution in [-0.2, 0) is 23.9 Å². The minimum atomic E-state index is -1.43. The third-order valence-electron chi connectivity index (χ3n) is 4.15. The number of cyclic esters (lactones) is 1. The summed E-state index contributed by atoms with van der Waals surface area (Å²) in [5.41, 5.74) is -2.65. The fourth-order valence-corrected chi connectivity index (χ4v) is 2.13. The van der Waals surface area contributed by atoms with Crippen LogP contribution in [0.4, 0.5) is 0 Å². The fourth-order valence-electron chi connectivity index (χ4n) is 2.13. The third-order valence-corrected chi connectivity index (χ3v) is 4.15. The summed E-state index contributed by atoms with van der Waals surface area (Å²) in [6, 6.07) is 0. The van der Waals surface area contributed by atoms with Crippen LogP contribution in [-0.4, -0.2) is 46.9 Å². The molecule has 0 aromatic carbocycles.